The first-order valence-electron chi connectivity index (χ1n) is 8.25. The van der Waals surface area contributed by atoms with Gasteiger partial charge in [-0.3, -0.25) is 4.79 Å². The standard InChI is InChI=1S/C19H20FNO4S/c1-13(2)21(26(23,24)15-10-8-14(3)9-11-15)12-19(20)18(22)16-6-4-5-7-17(16)25-19/h4-11,13H,12H2,1-3H3. The molecule has 138 valence electrons. The molecule has 0 aromatic heterocycles. The highest BCUT2D eigenvalue weighted by atomic mass is 32.2. The number of hydrogen-bond acceptors (Lipinski definition) is 4. The zero-order valence-corrected chi connectivity index (χ0v) is 15.6. The van der Waals surface area contributed by atoms with E-state index in [9.17, 15) is 13.2 Å². The molecule has 0 N–H and O–H groups in total. The number of rotatable bonds is 5. The van der Waals surface area contributed by atoms with Gasteiger partial charge in [-0.2, -0.15) is 8.70 Å². The van der Waals surface area contributed by atoms with E-state index in [1.165, 1.54) is 24.3 Å². The number of sulfonamides is 1. The molecule has 1 unspecified atom stereocenters. The van der Waals surface area contributed by atoms with Crippen LogP contribution in [0.5, 0.6) is 5.75 Å². The SMILES string of the molecule is Cc1ccc(S(=O)(=O)N(CC2(F)Oc3ccccc3C2=O)C(C)C)cc1. The summed E-state index contributed by atoms with van der Waals surface area (Å²) in [5.74, 6) is -3.49. The maximum Gasteiger partial charge on any atom is 0.325 e. The fraction of sp³-hybridized carbons (Fsp3) is 0.316. The van der Waals surface area contributed by atoms with Crippen molar-refractivity contribution in [3.8, 4) is 5.75 Å². The molecule has 1 atom stereocenters. The number of fused-ring (bicyclic) bond motifs is 1. The summed E-state index contributed by atoms with van der Waals surface area (Å²) in [7, 11) is -3.99. The van der Waals surface area contributed by atoms with Gasteiger partial charge in [0.25, 0.3) is 0 Å². The average molecular weight is 377 g/mol. The lowest BCUT2D eigenvalue weighted by molar-refractivity contribution is -0.0356. The van der Waals surface area contributed by atoms with E-state index in [0.717, 1.165) is 9.87 Å². The summed E-state index contributed by atoms with van der Waals surface area (Å²) < 4.78 is 47.5. The molecule has 2 aromatic rings. The Morgan fingerprint density at radius 3 is 2.31 bits per heavy atom. The van der Waals surface area contributed by atoms with Crippen LogP contribution in [0.3, 0.4) is 0 Å². The first-order valence-corrected chi connectivity index (χ1v) is 9.69. The summed E-state index contributed by atoms with van der Waals surface area (Å²) >= 11 is 0. The third-order valence-electron chi connectivity index (χ3n) is 4.31. The smallest absolute Gasteiger partial charge is 0.325 e. The Bertz CT molecular complexity index is 940. The summed E-state index contributed by atoms with van der Waals surface area (Å²) in [6, 6.07) is 11.9. The molecule has 0 fully saturated rings. The van der Waals surface area contributed by atoms with Gasteiger partial charge in [0.1, 0.15) is 5.75 Å². The summed E-state index contributed by atoms with van der Waals surface area (Å²) in [6.45, 7) is 4.38. The van der Waals surface area contributed by atoms with E-state index in [2.05, 4.69) is 0 Å². The number of para-hydroxylation sites is 1. The van der Waals surface area contributed by atoms with Crippen molar-refractivity contribution < 1.29 is 22.3 Å². The van der Waals surface area contributed by atoms with Gasteiger partial charge in [0.15, 0.2) is 0 Å². The van der Waals surface area contributed by atoms with Gasteiger partial charge in [-0.1, -0.05) is 29.8 Å². The van der Waals surface area contributed by atoms with Crippen molar-refractivity contribution in [3.05, 3.63) is 59.7 Å². The van der Waals surface area contributed by atoms with E-state index in [1.54, 1.807) is 38.1 Å². The van der Waals surface area contributed by atoms with E-state index < -0.39 is 34.2 Å². The number of Topliss-reactive ketones (excluding diaryl/α,β-unsaturated/α-hetero) is 1. The molecule has 0 aliphatic carbocycles. The van der Waals surface area contributed by atoms with Crippen molar-refractivity contribution in [2.24, 2.45) is 0 Å². The summed E-state index contributed by atoms with van der Waals surface area (Å²) in [4.78, 5) is 12.5. The lowest BCUT2D eigenvalue weighted by atomic mass is 10.1. The van der Waals surface area contributed by atoms with Gasteiger partial charge in [0, 0.05) is 6.04 Å². The van der Waals surface area contributed by atoms with E-state index in [4.69, 9.17) is 4.74 Å². The average Bonchev–Trinajstić information content (AvgIpc) is 2.84. The molecular weight excluding hydrogens is 357 g/mol. The molecule has 3 rings (SSSR count). The van der Waals surface area contributed by atoms with Crippen LogP contribution in [0.15, 0.2) is 53.4 Å². The molecule has 1 heterocycles. The Labute approximate surface area is 152 Å². The van der Waals surface area contributed by atoms with Crippen molar-refractivity contribution in [2.45, 2.75) is 37.6 Å². The number of halogens is 1. The molecule has 0 spiro atoms. The number of ketones is 1. The van der Waals surface area contributed by atoms with Crippen LogP contribution in [0.25, 0.3) is 0 Å². The zero-order valence-electron chi connectivity index (χ0n) is 14.8. The van der Waals surface area contributed by atoms with Crippen LogP contribution < -0.4 is 4.74 Å². The molecule has 0 saturated heterocycles. The minimum atomic E-state index is -3.99. The second-order valence-corrected chi connectivity index (χ2v) is 8.50. The van der Waals surface area contributed by atoms with Gasteiger partial charge in [0.2, 0.25) is 15.8 Å². The van der Waals surface area contributed by atoms with Gasteiger partial charge < -0.3 is 4.74 Å². The van der Waals surface area contributed by atoms with Crippen LogP contribution in [0, 0.1) is 6.92 Å². The number of ether oxygens (including phenoxy) is 1. The molecule has 0 radical (unpaired) electrons. The Morgan fingerprint density at radius 2 is 1.73 bits per heavy atom. The second-order valence-electron chi connectivity index (χ2n) is 6.61. The number of alkyl halides is 1. The quantitative estimate of drug-likeness (QED) is 0.802. The van der Waals surface area contributed by atoms with Crippen LogP contribution in [-0.2, 0) is 10.0 Å². The predicted molar refractivity (Wildman–Crippen MR) is 95.4 cm³/mol. The van der Waals surface area contributed by atoms with Crippen molar-refractivity contribution >= 4 is 15.8 Å². The number of carbonyl (C=O) groups is 1. The number of benzene rings is 2. The Morgan fingerprint density at radius 1 is 1.12 bits per heavy atom. The van der Waals surface area contributed by atoms with E-state index in [-0.39, 0.29) is 16.2 Å². The molecule has 0 amide bonds. The Kier molecular flexibility index (Phi) is 4.62. The first kappa shape index (κ1) is 18.5. The van der Waals surface area contributed by atoms with Gasteiger partial charge in [-0.05, 0) is 45.0 Å². The Balaban J connectivity index is 1.95. The molecule has 0 saturated carbocycles. The minimum Gasteiger partial charge on any atom is -0.449 e. The van der Waals surface area contributed by atoms with Crippen molar-refractivity contribution in [1.82, 2.24) is 4.31 Å². The molecule has 1 aliphatic rings. The minimum absolute atomic E-state index is 0.0448. The highest BCUT2D eigenvalue weighted by molar-refractivity contribution is 7.89. The molecule has 26 heavy (non-hydrogen) atoms. The molecule has 5 nitrogen and oxygen atoms in total. The van der Waals surface area contributed by atoms with Crippen LogP contribution >= 0.6 is 0 Å². The predicted octanol–water partition coefficient (Wildman–Crippen LogP) is 3.34. The first-order chi connectivity index (χ1) is 12.1. The van der Waals surface area contributed by atoms with Crippen LogP contribution in [0.2, 0.25) is 0 Å². The largest absolute Gasteiger partial charge is 0.449 e. The van der Waals surface area contributed by atoms with Gasteiger partial charge in [0.05, 0.1) is 17.0 Å². The van der Waals surface area contributed by atoms with Crippen molar-refractivity contribution in [1.29, 1.82) is 0 Å². The van der Waals surface area contributed by atoms with Crippen LogP contribution in [0.1, 0.15) is 29.8 Å². The zero-order chi connectivity index (χ0) is 19.1. The van der Waals surface area contributed by atoms with Crippen LogP contribution in [-0.4, -0.2) is 36.9 Å². The fourth-order valence-corrected chi connectivity index (χ4v) is 4.50. The topological polar surface area (TPSA) is 63.7 Å². The number of aryl methyl sites for hydroxylation is 1. The maximum atomic E-state index is 15.3. The number of carbonyl (C=O) groups excluding carboxylic acids is 1. The monoisotopic (exact) mass is 377 g/mol. The summed E-state index contributed by atoms with van der Waals surface area (Å²) in [5.41, 5.74) is 1.03. The second kappa shape index (κ2) is 6.48. The van der Waals surface area contributed by atoms with Gasteiger partial charge >= 0.3 is 5.85 Å². The molecule has 2 aromatic carbocycles. The molecule has 7 heteroatoms. The molecular formula is C19H20FNO4S. The number of nitrogens with zero attached hydrogens (tertiary/aromatic N) is 1. The fourth-order valence-electron chi connectivity index (χ4n) is 2.86. The van der Waals surface area contributed by atoms with E-state index in [1.807, 2.05) is 6.92 Å². The number of hydrogen-bond donors (Lipinski definition) is 0. The van der Waals surface area contributed by atoms with Crippen LogP contribution in [0.4, 0.5) is 4.39 Å². The third kappa shape index (κ3) is 3.12. The maximum absolute atomic E-state index is 15.3. The van der Waals surface area contributed by atoms with Gasteiger partial charge in [-0.15, -0.1) is 0 Å². The lowest BCUT2D eigenvalue weighted by Gasteiger charge is -2.30. The summed E-state index contributed by atoms with van der Waals surface area (Å²) in [5, 5.41) is 0. The van der Waals surface area contributed by atoms with E-state index in [0.29, 0.717) is 0 Å². The lowest BCUT2D eigenvalue weighted by Crippen LogP contribution is -2.51. The van der Waals surface area contributed by atoms with Crippen molar-refractivity contribution in [3.63, 3.8) is 0 Å². The Hall–Kier alpha value is -2.25. The molecule has 0 bridgehead atoms. The normalized spacial score (nSPS) is 19.7. The highest BCUT2D eigenvalue weighted by Gasteiger charge is 2.51. The summed E-state index contributed by atoms with van der Waals surface area (Å²) in [6.07, 6.45) is 0. The third-order valence-corrected chi connectivity index (χ3v) is 6.34. The van der Waals surface area contributed by atoms with Gasteiger partial charge in [-0.25, -0.2) is 8.42 Å². The molecule has 1 aliphatic heterocycles. The van der Waals surface area contributed by atoms with Crippen molar-refractivity contribution in [2.75, 3.05) is 6.54 Å². The highest BCUT2D eigenvalue weighted by Crippen LogP contribution is 2.37. The van der Waals surface area contributed by atoms with E-state index >= 15 is 4.39 Å².